The number of hydrogen-bond donors (Lipinski definition) is 3. The average molecular weight is 468 g/mol. The predicted molar refractivity (Wildman–Crippen MR) is 106 cm³/mol. The molecule has 1 saturated heterocycles. The first-order chi connectivity index (χ1) is 15.3. The number of aliphatic hydroxyl groups is 3. The van der Waals surface area contributed by atoms with Crippen molar-refractivity contribution < 1.29 is 58.5 Å². The zero-order chi connectivity index (χ0) is 25.2. The van der Waals surface area contributed by atoms with Gasteiger partial charge in [-0.3, -0.25) is 24.0 Å². The molecule has 180 valence electrons. The molecule has 1 aliphatic rings. The quantitative estimate of drug-likeness (QED) is 0.175. The number of carbonyl (C=O) groups excluding carboxylic acids is 5. The van der Waals surface area contributed by atoms with E-state index in [1.54, 1.807) is 0 Å². The average Bonchev–Trinajstić information content (AvgIpc) is 2.76. The lowest BCUT2D eigenvalue weighted by Crippen LogP contribution is -2.86. The standard InChI is InChI=1S/C21H24O12/c1-11(24)19(29)18(28)17(10-23)31-21(13(3)26,20(19,12(2)25)30-14(4)27)33-32-16-7-5-15(9-22)6-8-16/h5-9,17-18,23,28-29H,10H2,1-4H3/t17-,18+,19+,20-,21+/m1/s1. The van der Waals surface area contributed by atoms with Crippen molar-refractivity contribution in [2.24, 2.45) is 0 Å². The first-order valence-electron chi connectivity index (χ1n) is 9.66. The number of hydrogen-bond acceptors (Lipinski definition) is 12. The van der Waals surface area contributed by atoms with Gasteiger partial charge in [-0.05, 0) is 38.1 Å². The van der Waals surface area contributed by atoms with E-state index in [1.165, 1.54) is 24.3 Å². The third-order valence-electron chi connectivity index (χ3n) is 5.34. The van der Waals surface area contributed by atoms with E-state index in [9.17, 15) is 39.3 Å². The molecule has 1 aromatic rings. The maximum Gasteiger partial charge on any atom is 0.323 e. The molecule has 0 amide bonds. The molecular formula is C21H24O12. The highest BCUT2D eigenvalue weighted by Gasteiger charge is 2.82. The molecule has 1 aromatic carbocycles. The molecule has 0 bridgehead atoms. The predicted octanol–water partition coefficient (Wildman–Crippen LogP) is -0.942. The summed E-state index contributed by atoms with van der Waals surface area (Å²) in [5, 5.41) is 31.7. The largest absolute Gasteiger partial charge is 0.441 e. The molecule has 0 radical (unpaired) electrons. The van der Waals surface area contributed by atoms with E-state index in [0.717, 1.165) is 27.7 Å². The maximum atomic E-state index is 13.0. The van der Waals surface area contributed by atoms with Crippen molar-refractivity contribution in [3.63, 3.8) is 0 Å². The van der Waals surface area contributed by atoms with E-state index < -0.39 is 59.1 Å². The summed E-state index contributed by atoms with van der Waals surface area (Å²) in [6, 6.07) is 5.14. The van der Waals surface area contributed by atoms with E-state index in [1.807, 2.05) is 0 Å². The fourth-order valence-electron chi connectivity index (χ4n) is 3.79. The van der Waals surface area contributed by atoms with E-state index in [2.05, 4.69) is 0 Å². The van der Waals surface area contributed by atoms with Crippen molar-refractivity contribution in [3.8, 4) is 5.75 Å². The minimum absolute atomic E-state index is 0.122. The van der Waals surface area contributed by atoms with Crippen LogP contribution in [-0.2, 0) is 33.5 Å². The summed E-state index contributed by atoms with van der Waals surface area (Å²) in [5.74, 6) is -8.33. The van der Waals surface area contributed by atoms with Gasteiger partial charge in [0.25, 0.3) is 5.60 Å². The molecule has 0 aliphatic carbocycles. The lowest BCUT2D eigenvalue weighted by molar-refractivity contribution is -0.450. The summed E-state index contributed by atoms with van der Waals surface area (Å²) in [6.07, 6.45) is -3.63. The van der Waals surface area contributed by atoms with E-state index in [0.29, 0.717) is 6.29 Å². The summed E-state index contributed by atoms with van der Waals surface area (Å²) in [5.41, 5.74) is -6.31. The van der Waals surface area contributed by atoms with Crippen LogP contribution in [0.1, 0.15) is 38.1 Å². The summed E-state index contributed by atoms with van der Waals surface area (Å²) < 4.78 is 10.5. The van der Waals surface area contributed by atoms with Gasteiger partial charge < -0.3 is 29.7 Å². The summed E-state index contributed by atoms with van der Waals surface area (Å²) in [6.45, 7) is 2.14. The van der Waals surface area contributed by atoms with Crippen LogP contribution in [0.4, 0.5) is 0 Å². The molecule has 33 heavy (non-hydrogen) atoms. The number of esters is 1. The van der Waals surface area contributed by atoms with Crippen molar-refractivity contribution in [3.05, 3.63) is 29.8 Å². The molecule has 0 spiro atoms. The smallest absolute Gasteiger partial charge is 0.323 e. The molecule has 3 N–H and O–H groups in total. The van der Waals surface area contributed by atoms with Gasteiger partial charge in [-0.2, -0.15) is 0 Å². The summed E-state index contributed by atoms with van der Waals surface area (Å²) in [7, 11) is 0. The molecule has 1 aliphatic heterocycles. The lowest BCUT2D eigenvalue weighted by atomic mass is 9.64. The Bertz CT molecular complexity index is 956. The zero-order valence-corrected chi connectivity index (χ0v) is 18.3. The first-order valence-corrected chi connectivity index (χ1v) is 9.66. The van der Waals surface area contributed by atoms with Crippen LogP contribution in [-0.4, -0.2) is 80.7 Å². The molecule has 1 fully saturated rings. The fraction of sp³-hybridized carbons (Fsp3) is 0.476. The molecule has 12 heteroatoms. The Labute approximate surface area is 187 Å². The van der Waals surface area contributed by atoms with Crippen molar-refractivity contribution in [1.29, 1.82) is 0 Å². The van der Waals surface area contributed by atoms with Crippen molar-refractivity contribution in [2.45, 2.75) is 56.9 Å². The highest BCUT2D eigenvalue weighted by atomic mass is 17.2. The van der Waals surface area contributed by atoms with Gasteiger partial charge in [0.1, 0.15) is 18.5 Å². The minimum Gasteiger partial charge on any atom is -0.441 e. The van der Waals surface area contributed by atoms with Crippen LogP contribution in [0, 0.1) is 0 Å². The zero-order valence-electron chi connectivity index (χ0n) is 18.3. The number of aliphatic hydroxyl groups excluding tert-OH is 2. The van der Waals surface area contributed by atoms with Gasteiger partial charge in [0.05, 0.1) is 6.61 Å². The van der Waals surface area contributed by atoms with Crippen LogP contribution in [0.15, 0.2) is 24.3 Å². The number of ether oxygens (including phenoxy) is 2. The second kappa shape index (κ2) is 9.45. The van der Waals surface area contributed by atoms with Crippen LogP contribution in [0.3, 0.4) is 0 Å². The lowest BCUT2D eigenvalue weighted by Gasteiger charge is -2.57. The number of carbonyl (C=O) groups is 5. The number of aldehydes is 1. The SMILES string of the molecule is CC(=O)O[C@@]1(C(C)=O)[C@@](OOc2ccc(C=O)cc2)(C(C)=O)O[C@H](CO)[C@H](O)[C@@]1(O)C(C)=O. The third kappa shape index (κ3) is 3.96. The Morgan fingerprint density at radius 3 is 2.00 bits per heavy atom. The van der Waals surface area contributed by atoms with Gasteiger partial charge in [-0.15, -0.1) is 4.89 Å². The van der Waals surface area contributed by atoms with Gasteiger partial charge in [-0.25, -0.2) is 0 Å². The van der Waals surface area contributed by atoms with Gasteiger partial charge >= 0.3 is 11.8 Å². The minimum atomic E-state index is -3.30. The molecule has 5 atom stereocenters. The highest BCUT2D eigenvalue weighted by Crippen LogP contribution is 2.50. The van der Waals surface area contributed by atoms with E-state index in [-0.39, 0.29) is 11.3 Å². The number of Topliss-reactive ketones (excluding diaryl/α,β-unsaturated/α-hetero) is 3. The molecule has 0 aromatic heterocycles. The van der Waals surface area contributed by atoms with Crippen LogP contribution < -0.4 is 4.89 Å². The van der Waals surface area contributed by atoms with Gasteiger partial charge in [0, 0.05) is 19.4 Å². The molecular weight excluding hydrogens is 444 g/mol. The Morgan fingerprint density at radius 1 is 1.03 bits per heavy atom. The van der Waals surface area contributed by atoms with Crippen molar-refractivity contribution in [2.75, 3.05) is 6.61 Å². The van der Waals surface area contributed by atoms with Crippen molar-refractivity contribution >= 4 is 29.6 Å². The van der Waals surface area contributed by atoms with Crippen LogP contribution in [0.2, 0.25) is 0 Å². The summed E-state index contributed by atoms with van der Waals surface area (Å²) >= 11 is 0. The van der Waals surface area contributed by atoms with Gasteiger partial charge in [0.15, 0.2) is 23.1 Å². The summed E-state index contributed by atoms with van der Waals surface area (Å²) in [4.78, 5) is 71.7. The number of benzene rings is 1. The molecule has 12 nitrogen and oxygen atoms in total. The second-order valence-electron chi connectivity index (χ2n) is 7.46. The molecule has 1 heterocycles. The topological polar surface area (TPSA) is 183 Å². The normalized spacial score (nSPS) is 31.4. The second-order valence-corrected chi connectivity index (χ2v) is 7.46. The fourth-order valence-corrected chi connectivity index (χ4v) is 3.79. The third-order valence-corrected chi connectivity index (χ3v) is 5.34. The monoisotopic (exact) mass is 468 g/mol. The van der Waals surface area contributed by atoms with E-state index >= 15 is 0 Å². The van der Waals surface area contributed by atoms with Gasteiger partial charge in [-0.1, -0.05) is 0 Å². The Kier molecular flexibility index (Phi) is 7.51. The van der Waals surface area contributed by atoms with Crippen molar-refractivity contribution in [1.82, 2.24) is 0 Å². The molecule has 0 unspecified atom stereocenters. The Hall–Kier alpha value is -3.03. The Balaban J connectivity index is 2.81. The van der Waals surface area contributed by atoms with Gasteiger partial charge in [0.2, 0.25) is 5.60 Å². The molecule has 2 rings (SSSR count). The Morgan fingerprint density at radius 2 is 1.61 bits per heavy atom. The highest BCUT2D eigenvalue weighted by molar-refractivity contribution is 6.05. The van der Waals surface area contributed by atoms with Crippen LogP contribution in [0.25, 0.3) is 0 Å². The number of ketones is 3. The molecule has 0 saturated carbocycles. The first kappa shape index (κ1) is 26.2. The van der Waals surface area contributed by atoms with Crippen LogP contribution in [0.5, 0.6) is 5.75 Å². The van der Waals surface area contributed by atoms with E-state index in [4.69, 9.17) is 19.2 Å². The van der Waals surface area contributed by atoms with Crippen LogP contribution >= 0.6 is 0 Å². The maximum absolute atomic E-state index is 13.0. The number of rotatable bonds is 9.